The number of methoxy groups -OCH3 is 1. The molecule has 0 spiro atoms. The average molecular weight is 262 g/mol. The van der Waals surface area contributed by atoms with E-state index < -0.39 is 6.04 Å². The van der Waals surface area contributed by atoms with E-state index in [0.29, 0.717) is 5.92 Å². The van der Waals surface area contributed by atoms with Gasteiger partial charge >= 0.3 is 0 Å². The third-order valence-corrected chi connectivity index (χ3v) is 3.75. The summed E-state index contributed by atoms with van der Waals surface area (Å²) < 4.78 is 5.17. The fourth-order valence-corrected chi connectivity index (χ4v) is 2.56. The zero-order chi connectivity index (χ0) is 13.7. The average Bonchev–Trinajstić information content (AvgIpc) is 2.48. The van der Waals surface area contributed by atoms with Crippen LogP contribution < -0.4 is 5.73 Å². The fraction of sp³-hybridized carbons (Fsp3) is 0.533. The molecule has 0 aliphatic carbocycles. The molecule has 1 saturated heterocycles. The lowest BCUT2D eigenvalue weighted by Crippen LogP contribution is -2.43. The highest BCUT2D eigenvalue weighted by molar-refractivity contribution is 5.83. The van der Waals surface area contributed by atoms with Gasteiger partial charge in [0.25, 0.3) is 0 Å². The molecule has 4 heteroatoms. The molecule has 2 N–H and O–H groups in total. The zero-order valence-electron chi connectivity index (χ0n) is 11.4. The Kier molecular flexibility index (Phi) is 4.93. The van der Waals surface area contributed by atoms with E-state index in [2.05, 4.69) is 0 Å². The summed E-state index contributed by atoms with van der Waals surface area (Å²) in [5.41, 5.74) is 6.93. The minimum atomic E-state index is -0.542. The Bertz CT molecular complexity index is 400. The number of carbonyl (C=O) groups excluding carboxylic acids is 1. The fourth-order valence-electron chi connectivity index (χ4n) is 2.56. The highest BCUT2D eigenvalue weighted by atomic mass is 16.5. The molecule has 1 aliphatic rings. The number of nitrogens with two attached hydrogens (primary N) is 1. The molecule has 4 nitrogen and oxygen atoms in total. The van der Waals surface area contributed by atoms with E-state index in [-0.39, 0.29) is 5.91 Å². The van der Waals surface area contributed by atoms with Gasteiger partial charge in [0.15, 0.2) is 0 Å². The standard InChI is InChI=1S/C15H22N2O2/c1-19-11-12-7-9-17(10-8-12)15(18)14(16)13-5-3-2-4-6-13/h2-6,12,14H,7-11,16H2,1H3. The number of nitrogens with zero attached hydrogens (tertiary/aromatic N) is 1. The van der Waals surface area contributed by atoms with Crippen LogP contribution in [0.2, 0.25) is 0 Å². The van der Waals surface area contributed by atoms with E-state index in [1.807, 2.05) is 35.2 Å². The van der Waals surface area contributed by atoms with Crippen LogP contribution in [0.3, 0.4) is 0 Å². The summed E-state index contributed by atoms with van der Waals surface area (Å²) >= 11 is 0. The minimum absolute atomic E-state index is 0.0297. The highest BCUT2D eigenvalue weighted by Crippen LogP contribution is 2.20. The lowest BCUT2D eigenvalue weighted by molar-refractivity contribution is -0.134. The lowest BCUT2D eigenvalue weighted by Gasteiger charge is -2.33. The van der Waals surface area contributed by atoms with E-state index in [4.69, 9.17) is 10.5 Å². The molecule has 1 aromatic carbocycles. The first-order valence-electron chi connectivity index (χ1n) is 6.80. The normalized spacial score (nSPS) is 18.3. The topological polar surface area (TPSA) is 55.6 Å². The van der Waals surface area contributed by atoms with Gasteiger partial charge < -0.3 is 15.4 Å². The van der Waals surface area contributed by atoms with Gasteiger partial charge in [-0.1, -0.05) is 30.3 Å². The SMILES string of the molecule is COCC1CCN(C(=O)C(N)c2ccccc2)CC1. The van der Waals surface area contributed by atoms with Crippen molar-refractivity contribution in [3.63, 3.8) is 0 Å². The summed E-state index contributed by atoms with van der Waals surface area (Å²) in [7, 11) is 1.73. The van der Waals surface area contributed by atoms with Crippen molar-refractivity contribution in [1.29, 1.82) is 0 Å². The third-order valence-electron chi connectivity index (χ3n) is 3.75. The second kappa shape index (κ2) is 6.68. The number of hydrogen-bond acceptors (Lipinski definition) is 3. The van der Waals surface area contributed by atoms with Crippen LogP contribution in [0.5, 0.6) is 0 Å². The van der Waals surface area contributed by atoms with E-state index in [1.54, 1.807) is 7.11 Å². The van der Waals surface area contributed by atoms with Gasteiger partial charge in [-0.25, -0.2) is 0 Å². The van der Waals surface area contributed by atoms with Crippen LogP contribution in [0.15, 0.2) is 30.3 Å². The van der Waals surface area contributed by atoms with Gasteiger partial charge in [0.1, 0.15) is 6.04 Å². The van der Waals surface area contributed by atoms with Gasteiger partial charge in [0.2, 0.25) is 5.91 Å². The van der Waals surface area contributed by atoms with E-state index in [0.717, 1.165) is 38.1 Å². The number of rotatable bonds is 4. The summed E-state index contributed by atoms with van der Waals surface area (Å²) in [4.78, 5) is 14.2. The quantitative estimate of drug-likeness (QED) is 0.896. The number of carbonyl (C=O) groups is 1. The molecule has 0 saturated carbocycles. The Balaban J connectivity index is 1.91. The van der Waals surface area contributed by atoms with Crippen LogP contribution in [0.4, 0.5) is 0 Å². The van der Waals surface area contributed by atoms with Crippen LogP contribution in [0.25, 0.3) is 0 Å². The molecular weight excluding hydrogens is 240 g/mol. The summed E-state index contributed by atoms with van der Waals surface area (Å²) in [6, 6.07) is 9.01. The molecule has 1 aliphatic heterocycles. The molecule has 104 valence electrons. The minimum Gasteiger partial charge on any atom is -0.384 e. The number of piperidine rings is 1. The molecule has 1 unspecified atom stereocenters. The Hall–Kier alpha value is -1.39. The first-order chi connectivity index (χ1) is 9.22. The van der Waals surface area contributed by atoms with Crippen molar-refractivity contribution < 1.29 is 9.53 Å². The number of hydrogen-bond donors (Lipinski definition) is 1. The van der Waals surface area contributed by atoms with Crippen molar-refractivity contribution in [2.24, 2.45) is 11.7 Å². The van der Waals surface area contributed by atoms with Crippen LogP contribution in [0.1, 0.15) is 24.4 Å². The maximum atomic E-state index is 12.3. The molecule has 19 heavy (non-hydrogen) atoms. The summed E-state index contributed by atoms with van der Waals surface area (Å²) in [5, 5.41) is 0. The van der Waals surface area contributed by atoms with Gasteiger partial charge in [-0.2, -0.15) is 0 Å². The Morgan fingerprint density at radius 1 is 1.37 bits per heavy atom. The summed E-state index contributed by atoms with van der Waals surface area (Å²) in [6.45, 7) is 2.35. The Morgan fingerprint density at radius 2 is 2.00 bits per heavy atom. The summed E-state index contributed by atoms with van der Waals surface area (Å²) in [5.74, 6) is 0.601. The molecule has 2 rings (SSSR count). The second-order valence-electron chi connectivity index (χ2n) is 5.11. The molecule has 1 fully saturated rings. The molecular formula is C15H22N2O2. The Morgan fingerprint density at radius 3 is 2.58 bits per heavy atom. The van der Waals surface area contributed by atoms with Crippen LogP contribution in [0, 0.1) is 5.92 Å². The first-order valence-corrected chi connectivity index (χ1v) is 6.80. The van der Waals surface area contributed by atoms with Crippen molar-refractivity contribution >= 4 is 5.91 Å². The molecule has 0 radical (unpaired) electrons. The molecule has 0 bridgehead atoms. The Labute approximate surface area is 114 Å². The van der Waals surface area contributed by atoms with Crippen LogP contribution >= 0.6 is 0 Å². The maximum absolute atomic E-state index is 12.3. The van der Waals surface area contributed by atoms with Gasteiger partial charge in [-0.05, 0) is 24.3 Å². The van der Waals surface area contributed by atoms with E-state index in [9.17, 15) is 4.79 Å². The van der Waals surface area contributed by atoms with Gasteiger partial charge in [-0.3, -0.25) is 4.79 Å². The van der Waals surface area contributed by atoms with Gasteiger partial charge in [0.05, 0.1) is 0 Å². The number of likely N-dealkylation sites (tertiary alicyclic amines) is 1. The molecule has 1 aromatic rings. The molecule has 0 aromatic heterocycles. The van der Waals surface area contributed by atoms with Crippen molar-refractivity contribution in [1.82, 2.24) is 4.90 Å². The van der Waals surface area contributed by atoms with E-state index in [1.165, 1.54) is 0 Å². The predicted molar refractivity (Wildman–Crippen MR) is 74.6 cm³/mol. The molecule has 1 amide bonds. The number of amides is 1. The zero-order valence-corrected chi connectivity index (χ0v) is 11.4. The molecule has 1 atom stereocenters. The van der Waals surface area contributed by atoms with Crippen molar-refractivity contribution in [3.8, 4) is 0 Å². The number of benzene rings is 1. The van der Waals surface area contributed by atoms with Crippen LogP contribution in [-0.2, 0) is 9.53 Å². The van der Waals surface area contributed by atoms with Gasteiger partial charge in [-0.15, -0.1) is 0 Å². The predicted octanol–water partition coefficient (Wildman–Crippen LogP) is 1.57. The lowest BCUT2D eigenvalue weighted by atomic mass is 9.96. The van der Waals surface area contributed by atoms with Crippen molar-refractivity contribution in [2.75, 3.05) is 26.8 Å². The highest BCUT2D eigenvalue weighted by Gasteiger charge is 2.26. The second-order valence-corrected chi connectivity index (χ2v) is 5.11. The van der Waals surface area contributed by atoms with Gasteiger partial charge in [0, 0.05) is 26.8 Å². The molecule has 1 heterocycles. The van der Waals surface area contributed by atoms with E-state index >= 15 is 0 Å². The smallest absolute Gasteiger partial charge is 0.244 e. The largest absolute Gasteiger partial charge is 0.384 e. The number of ether oxygens (including phenoxy) is 1. The summed E-state index contributed by atoms with van der Waals surface area (Å²) in [6.07, 6.45) is 2.00. The monoisotopic (exact) mass is 262 g/mol. The first kappa shape index (κ1) is 14.0. The van der Waals surface area contributed by atoms with Crippen LogP contribution in [-0.4, -0.2) is 37.6 Å². The van der Waals surface area contributed by atoms with Crippen molar-refractivity contribution in [3.05, 3.63) is 35.9 Å². The maximum Gasteiger partial charge on any atom is 0.244 e. The third kappa shape index (κ3) is 3.55. The van der Waals surface area contributed by atoms with Crippen molar-refractivity contribution in [2.45, 2.75) is 18.9 Å².